The van der Waals surface area contributed by atoms with E-state index in [0.29, 0.717) is 11.3 Å². The predicted molar refractivity (Wildman–Crippen MR) is 66.9 cm³/mol. The lowest BCUT2D eigenvalue weighted by Gasteiger charge is -2.04. The van der Waals surface area contributed by atoms with Crippen LogP contribution >= 0.6 is 0 Å². The van der Waals surface area contributed by atoms with Crippen LogP contribution in [0.2, 0.25) is 0 Å². The number of nitrogens with one attached hydrogen (secondary N) is 1. The predicted octanol–water partition coefficient (Wildman–Crippen LogP) is 2.60. The fraction of sp³-hybridized carbons (Fsp3) is 0.154. The molecule has 0 unspecified atom stereocenters. The molecule has 0 spiro atoms. The van der Waals surface area contributed by atoms with Gasteiger partial charge in [-0.05, 0) is 31.2 Å². The highest BCUT2D eigenvalue weighted by Crippen LogP contribution is 2.30. The Bertz CT molecular complexity index is 544. The van der Waals surface area contributed by atoms with Crippen LogP contribution in [0, 0.1) is 6.92 Å². The molecule has 0 aliphatic carbocycles. The van der Waals surface area contributed by atoms with Crippen molar-refractivity contribution in [2.75, 3.05) is 7.11 Å². The van der Waals surface area contributed by atoms with Crippen molar-refractivity contribution >= 4 is 12.2 Å². The topological polar surface area (TPSA) is 58.1 Å². The number of rotatable bonds is 3. The van der Waals surface area contributed by atoms with Gasteiger partial charge < -0.3 is 9.84 Å². The summed E-state index contributed by atoms with van der Waals surface area (Å²) in [5, 5.41) is 16.8. The molecule has 4 heteroatoms. The summed E-state index contributed by atoms with van der Waals surface area (Å²) in [5.41, 5.74) is 2.52. The standard InChI is InChI=1S/C13H14N2O2/c1-9-8-11(15-14-9)7-6-10-4-3-5-12(17-2)13(10)16/h3-8,16H,1-2H3,(H,14,15)/b7-6+. The SMILES string of the molecule is COc1cccc(/C=C/c2cc(C)[nH]n2)c1O. The zero-order chi connectivity index (χ0) is 12.3. The first-order valence-electron chi connectivity index (χ1n) is 5.27. The lowest BCUT2D eigenvalue weighted by molar-refractivity contribution is 0.373. The van der Waals surface area contributed by atoms with Crippen LogP contribution in [0.15, 0.2) is 24.3 Å². The first-order valence-corrected chi connectivity index (χ1v) is 5.27. The van der Waals surface area contributed by atoms with Crippen molar-refractivity contribution in [2.24, 2.45) is 0 Å². The molecule has 0 fully saturated rings. The first kappa shape index (κ1) is 11.3. The second-order valence-corrected chi connectivity index (χ2v) is 3.71. The fourth-order valence-electron chi connectivity index (χ4n) is 1.54. The minimum Gasteiger partial charge on any atom is -0.504 e. The molecule has 0 aliphatic rings. The molecular formula is C13H14N2O2. The molecule has 0 bridgehead atoms. The number of H-pyrrole nitrogens is 1. The van der Waals surface area contributed by atoms with Gasteiger partial charge in [-0.1, -0.05) is 12.1 Å². The fourth-order valence-corrected chi connectivity index (χ4v) is 1.54. The lowest BCUT2D eigenvalue weighted by atomic mass is 10.1. The van der Waals surface area contributed by atoms with Gasteiger partial charge in [-0.3, -0.25) is 5.10 Å². The summed E-state index contributed by atoms with van der Waals surface area (Å²) in [6.45, 7) is 1.94. The van der Waals surface area contributed by atoms with Crippen LogP contribution in [-0.2, 0) is 0 Å². The van der Waals surface area contributed by atoms with Crippen molar-refractivity contribution in [3.8, 4) is 11.5 Å². The Labute approximate surface area is 99.6 Å². The van der Waals surface area contributed by atoms with E-state index in [1.807, 2.05) is 31.2 Å². The maximum atomic E-state index is 9.87. The number of aryl methyl sites for hydroxylation is 1. The molecule has 1 aromatic carbocycles. The number of hydrogen-bond donors (Lipinski definition) is 2. The normalized spacial score (nSPS) is 10.9. The summed E-state index contributed by atoms with van der Waals surface area (Å²) < 4.78 is 5.04. The number of hydrogen-bond acceptors (Lipinski definition) is 3. The number of phenolic OH excluding ortho intramolecular Hbond substituents is 1. The molecule has 2 N–H and O–H groups in total. The summed E-state index contributed by atoms with van der Waals surface area (Å²) in [4.78, 5) is 0. The minimum absolute atomic E-state index is 0.138. The zero-order valence-corrected chi connectivity index (χ0v) is 9.77. The van der Waals surface area contributed by atoms with E-state index in [1.54, 1.807) is 12.1 Å². The second kappa shape index (κ2) is 4.74. The third kappa shape index (κ3) is 2.47. The van der Waals surface area contributed by atoms with E-state index >= 15 is 0 Å². The number of nitrogens with zero attached hydrogens (tertiary/aromatic N) is 1. The number of para-hydroxylation sites is 1. The average molecular weight is 230 g/mol. The van der Waals surface area contributed by atoms with Gasteiger partial charge in [0.2, 0.25) is 0 Å². The largest absolute Gasteiger partial charge is 0.504 e. The van der Waals surface area contributed by atoms with Gasteiger partial charge >= 0.3 is 0 Å². The Balaban J connectivity index is 2.27. The van der Waals surface area contributed by atoms with Crippen LogP contribution in [0.4, 0.5) is 0 Å². The van der Waals surface area contributed by atoms with E-state index < -0.39 is 0 Å². The Morgan fingerprint density at radius 1 is 1.35 bits per heavy atom. The van der Waals surface area contributed by atoms with Gasteiger partial charge in [0.15, 0.2) is 11.5 Å². The van der Waals surface area contributed by atoms with E-state index in [1.165, 1.54) is 7.11 Å². The van der Waals surface area contributed by atoms with Crippen molar-refractivity contribution in [1.82, 2.24) is 10.2 Å². The molecule has 0 saturated carbocycles. The third-order valence-electron chi connectivity index (χ3n) is 2.41. The number of aromatic amines is 1. The van der Waals surface area contributed by atoms with Gasteiger partial charge in [0.25, 0.3) is 0 Å². The highest BCUT2D eigenvalue weighted by molar-refractivity contribution is 5.72. The van der Waals surface area contributed by atoms with Crippen LogP contribution in [0.1, 0.15) is 17.0 Å². The molecule has 4 nitrogen and oxygen atoms in total. The highest BCUT2D eigenvalue weighted by atomic mass is 16.5. The van der Waals surface area contributed by atoms with Gasteiger partial charge in [-0.25, -0.2) is 0 Å². The first-order chi connectivity index (χ1) is 8.20. The van der Waals surface area contributed by atoms with Gasteiger partial charge in [0.1, 0.15) is 0 Å². The monoisotopic (exact) mass is 230 g/mol. The van der Waals surface area contributed by atoms with Crippen LogP contribution in [0.25, 0.3) is 12.2 Å². The van der Waals surface area contributed by atoms with Crippen molar-refractivity contribution in [3.05, 3.63) is 41.2 Å². The second-order valence-electron chi connectivity index (χ2n) is 3.71. The molecule has 2 rings (SSSR count). The lowest BCUT2D eigenvalue weighted by Crippen LogP contribution is -1.84. The molecule has 1 heterocycles. The molecular weight excluding hydrogens is 216 g/mol. The summed E-state index contributed by atoms with van der Waals surface area (Å²) in [7, 11) is 1.53. The Kier molecular flexibility index (Phi) is 3.14. The number of ether oxygens (including phenoxy) is 1. The van der Waals surface area contributed by atoms with Crippen LogP contribution in [0.3, 0.4) is 0 Å². The smallest absolute Gasteiger partial charge is 0.165 e. The highest BCUT2D eigenvalue weighted by Gasteiger charge is 2.04. The minimum atomic E-state index is 0.138. The van der Waals surface area contributed by atoms with Crippen molar-refractivity contribution in [2.45, 2.75) is 6.92 Å². The Morgan fingerprint density at radius 2 is 2.18 bits per heavy atom. The maximum Gasteiger partial charge on any atom is 0.165 e. The Hall–Kier alpha value is -2.23. The molecule has 0 amide bonds. The van der Waals surface area contributed by atoms with Gasteiger partial charge in [0, 0.05) is 11.3 Å². The number of methoxy groups -OCH3 is 1. The number of benzene rings is 1. The number of phenols is 1. The summed E-state index contributed by atoms with van der Waals surface area (Å²) in [6, 6.07) is 7.28. The van der Waals surface area contributed by atoms with Crippen molar-refractivity contribution in [1.29, 1.82) is 0 Å². The number of aromatic nitrogens is 2. The van der Waals surface area contributed by atoms with E-state index in [4.69, 9.17) is 4.74 Å². The van der Waals surface area contributed by atoms with Gasteiger partial charge in [0.05, 0.1) is 12.8 Å². The molecule has 17 heavy (non-hydrogen) atoms. The average Bonchev–Trinajstić information content (AvgIpc) is 2.74. The molecule has 88 valence electrons. The van der Waals surface area contributed by atoms with E-state index in [2.05, 4.69) is 10.2 Å². The molecule has 2 aromatic rings. The van der Waals surface area contributed by atoms with E-state index in [0.717, 1.165) is 11.4 Å². The zero-order valence-electron chi connectivity index (χ0n) is 9.77. The molecule has 0 aliphatic heterocycles. The molecule has 0 saturated heterocycles. The molecule has 1 aromatic heterocycles. The van der Waals surface area contributed by atoms with Crippen LogP contribution in [0.5, 0.6) is 11.5 Å². The quantitative estimate of drug-likeness (QED) is 0.852. The maximum absolute atomic E-state index is 9.87. The molecule has 0 radical (unpaired) electrons. The van der Waals surface area contributed by atoms with Gasteiger partial charge in [-0.2, -0.15) is 5.10 Å². The van der Waals surface area contributed by atoms with Crippen molar-refractivity contribution in [3.63, 3.8) is 0 Å². The summed E-state index contributed by atoms with van der Waals surface area (Å²) in [6.07, 6.45) is 3.63. The Morgan fingerprint density at radius 3 is 2.82 bits per heavy atom. The molecule has 0 atom stereocenters. The summed E-state index contributed by atoms with van der Waals surface area (Å²) >= 11 is 0. The van der Waals surface area contributed by atoms with Crippen LogP contribution in [-0.4, -0.2) is 22.4 Å². The summed E-state index contributed by atoms with van der Waals surface area (Å²) in [5.74, 6) is 0.601. The van der Waals surface area contributed by atoms with Crippen molar-refractivity contribution < 1.29 is 9.84 Å². The third-order valence-corrected chi connectivity index (χ3v) is 2.41. The van der Waals surface area contributed by atoms with E-state index in [9.17, 15) is 5.11 Å². The number of aromatic hydroxyl groups is 1. The van der Waals surface area contributed by atoms with Gasteiger partial charge in [-0.15, -0.1) is 0 Å². The van der Waals surface area contributed by atoms with E-state index in [-0.39, 0.29) is 5.75 Å². The van der Waals surface area contributed by atoms with Crippen LogP contribution < -0.4 is 4.74 Å².